The fourth-order valence-corrected chi connectivity index (χ4v) is 0.981. The molecule has 10 heavy (non-hydrogen) atoms. The number of hydrogen-bond donors (Lipinski definition) is 0. The van der Waals surface area contributed by atoms with E-state index < -0.39 is 0 Å². The summed E-state index contributed by atoms with van der Waals surface area (Å²) >= 11 is 5.52. The number of rotatable bonds is 1. The van der Waals surface area contributed by atoms with Gasteiger partial charge in [-0.3, -0.25) is 0 Å². The molecule has 50 valence electrons. The predicted octanol–water partition coefficient (Wildman–Crippen LogP) is 1.82. The van der Waals surface area contributed by atoms with Gasteiger partial charge in [-0.25, -0.2) is 0 Å². The molecule has 0 saturated carbocycles. The Bertz CT molecular complexity index is 268. The highest BCUT2D eigenvalue weighted by Gasteiger charge is 2.22. The van der Waals surface area contributed by atoms with Crippen molar-refractivity contribution < 1.29 is 0 Å². The van der Waals surface area contributed by atoms with Crippen LogP contribution in [-0.4, -0.2) is 10.4 Å². The first-order chi connectivity index (χ1) is 4.88. The lowest BCUT2D eigenvalue weighted by atomic mass is 10.2. The van der Waals surface area contributed by atoms with E-state index in [0.717, 1.165) is 11.4 Å². The molecule has 0 atom stereocenters. The SMILES string of the molecule is ClN1N=C1c1ccccc1. The van der Waals surface area contributed by atoms with E-state index in [1.54, 1.807) is 0 Å². The molecule has 0 unspecified atom stereocenters. The number of amidine groups is 1. The average Bonchev–Trinajstić information content (AvgIpc) is 2.69. The van der Waals surface area contributed by atoms with Crippen LogP contribution >= 0.6 is 11.8 Å². The molecule has 2 rings (SSSR count). The maximum absolute atomic E-state index is 5.52. The van der Waals surface area contributed by atoms with Crippen molar-refractivity contribution in [3.63, 3.8) is 0 Å². The molecule has 0 bridgehead atoms. The number of halogens is 1. The summed E-state index contributed by atoms with van der Waals surface area (Å²) in [6.45, 7) is 0. The van der Waals surface area contributed by atoms with Crippen LogP contribution in [0.2, 0.25) is 0 Å². The van der Waals surface area contributed by atoms with E-state index >= 15 is 0 Å². The first kappa shape index (κ1) is 5.74. The maximum Gasteiger partial charge on any atom is 0.195 e. The zero-order chi connectivity index (χ0) is 6.97. The summed E-state index contributed by atoms with van der Waals surface area (Å²) in [7, 11) is 0. The number of benzene rings is 1. The molecule has 0 spiro atoms. The summed E-state index contributed by atoms with van der Waals surface area (Å²) in [5, 5.41) is 3.84. The predicted molar refractivity (Wildman–Crippen MR) is 40.7 cm³/mol. The molecule has 0 radical (unpaired) electrons. The van der Waals surface area contributed by atoms with E-state index in [1.165, 1.54) is 4.53 Å². The van der Waals surface area contributed by atoms with Crippen molar-refractivity contribution in [3.8, 4) is 0 Å². The van der Waals surface area contributed by atoms with Gasteiger partial charge in [0.25, 0.3) is 0 Å². The molecule has 1 aromatic carbocycles. The summed E-state index contributed by atoms with van der Waals surface area (Å²) in [6, 6.07) is 9.83. The highest BCUT2D eigenvalue weighted by atomic mass is 35.5. The van der Waals surface area contributed by atoms with E-state index in [1.807, 2.05) is 30.3 Å². The maximum atomic E-state index is 5.52. The topological polar surface area (TPSA) is 15.4 Å². The molecule has 0 fully saturated rings. The van der Waals surface area contributed by atoms with Gasteiger partial charge in [-0.15, -0.1) is 9.63 Å². The molecule has 0 aromatic heterocycles. The molecular weight excluding hydrogens is 148 g/mol. The number of hydrazone groups is 1. The lowest BCUT2D eigenvalue weighted by Gasteiger charge is -1.88. The van der Waals surface area contributed by atoms with Gasteiger partial charge in [0.05, 0.1) is 0 Å². The van der Waals surface area contributed by atoms with Crippen LogP contribution in [0.4, 0.5) is 0 Å². The second-order valence-electron chi connectivity index (χ2n) is 2.05. The van der Waals surface area contributed by atoms with Crippen LogP contribution in [0.3, 0.4) is 0 Å². The third kappa shape index (κ3) is 0.866. The normalized spacial score (nSPS) is 14.9. The molecule has 0 saturated heterocycles. The van der Waals surface area contributed by atoms with Crippen LogP contribution in [0.15, 0.2) is 35.4 Å². The van der Waals surface area contributed by atoms with E-state index in [2.05, 4.69) is 5.10 Å². The Hall–Kier alpha value is -1.02. The van der Waals surface area contributed by atoms with Crippen LogP contribution in [-0.2, 0) is 0 Å². The summed E-state index contributed by atoms with van der Waals surface area (Å²) in [5.41, 5.74) is 1.07. The fourth-order valence-electron chi connectivity index (χ4n) is 0.812. The van der Waals surface area contributed by atoms with Gasteiger partial charge in [0, 0.05) is 17.3 Å². The van der Waals surface area contributed by atoms with Crippen LogP contribution < -0.4 is 0 Å². The molecule has 0 amide bonds. The Kier molecular flexibility index (Phi) is 1.14. The highest BCUT2D eigenvalue weighted by Crippen LogP contribution is 2.19. The molecule has 1 heterocycles. The van der Waals surface area contributed by atoms with Gasteiger partial charge in [0.1, 0.15) is 0 Å². The van der Waals surface area contributed by atoms with Crippen LogP contribution in [0.5, 0.6) is 0 Å². The average molecular weight is 153 g/mol. The second-order valence-corrected chi connectivity index (χ2v) is 2.37. The van der Waals surface area contributed by atoms with Gasteiger partial charge in [0.2, 0.25) is 0 Å². The zero-order valence-corrected chi connectivity index (χ0v) is 5.92. The van der Waals surface area contributed by atoms with E-state index in [9.17, 15) is 0 Å². The second kappa shape index (κ2) is 1.99. The minimum Gasteiger partial charge on any atom is -0.149 e. The summed E-state index contributed by atoms with van der Waals surface area (Å²) in [4.78, 5) is 0. The van der Waals surface area contributed by atoms with E-state index in [0.29, 0.717) is 0 Å². The largest absolute Gasteiger partial charge is 0.195 e. The van der Waals surface area contributed by atoms with E-state index in [-0.39, 0.29) is 0 Å². The molecule has 0 N–H and O–H groups in total. The summed E-state index contributed by atoms with van der Waals surface area (Å²) < 4.78 is 1.34. The molecule has 2 nitrogen and oxygen atoms in total. The van der Waals surface area contributed by atoms with Crippen LogP contribution in [0.1, 0.15) is 5.56 Å². The Morgan fingerprint density at radius 2 is 1.80 bits per heavy atom. The monoisotopic (exact) mass is 152 g/mol. The minimum absolute atomic E-state index is 0.849. The summed E-state index contributed by atoms with van der Waals surface area (Å²) in [5.74, 6) is 0.849. The van der Waals surface area contributed by atoms with Gasteiger partial charge >= 0.3 is 0 Å². The number of nitrogens with zero attached hydrogens (tertiary/aromatic N) is 2. The van der Waals surface area contributed by atoms with Gasteiger partial charge < -0.3 is 0 Å². The molecule has 1 aliphatic rings. The Morgan fingerprint density at radius 3 is 2.30 bits per heavy atom. The Labute approximate surface area is 63.8 Å². The smallest absolute Gasteiger partial charge is 0.149 e. The van der Waals surface area contributed by atoms with Crippen molar-refractivity contribution in [3.05, 3.63) is 35.9 Å². The highest BCUT2D eigenvalue weighted by molar-refractivity contribution is 6.30. The molecule has 1 aliphatic heterocycles. The lowest BCUT2D eigenvalue weighted by molar-refractivity contribution is 0.896. The van der Waals surface area contributed by atoms with Crippen LogP contribution in [0.25, 0.3) is 0 Å². The minimum atomic E-state index is 0.849. The van der Waals surface area contributed by atoms with Crippen molar-refractivity contribution in [2.45, 2.75) is 0 Å². The Morgan fingerprint density at radius 1 is 1.20 bits per heavy atom. The third-order valence-electron chi connectivity index (χ3n) is 1.35. The lowest BCUT2D eigenvalue weighted by Crippen LogP contribution is -1.92. The third-order valence-corrected chi connectivity index (χ3v) is 1.59. The standard InChI is InChI=1S/C7H5ClN2/c8-10-7(9-10)6-4-2-1-3-5-6/h1-5H. The zero-order valence-electron chi connectivity index (χ0n) is 5.16. The molecule has 3 heteroatoms. The molecule has 1 aromatic rings. The first-order valence-corrected chi connectivity index (χ1v) is 3.31. The number of hydrogen-bond acceptors (Lipinski definition) is 2. The van der Waals surface area contributed by atoms with Crippen molar-refractivity contribution in [2.24, 2.45) is 5.10 Å². The van der Waals surface area contributed by atoms with Gasteiger partial charge in [-0.05, 0) is 0 Å². The molecule has 0 aliphatic carbocycles. The first-order valence-electron chi connectivity index (χ1n) is 2.98. The molecular formula is C7H5ClN2. The van der Waals surface area contributed by atoms with Gasteiger partial charge in [-0.2, -0.15) is 0 Å². The van der Waals surface area contributed by atoms with Gasteiger partial charge in [0.15, 0.2) is 5.84 Å². The Balaban J connectivity index is 2.29. The van der Waals surface area contributed by atoms with Crippen molar-refractivity contribution in [1.82, 2.24) is 4.53 Å². The van der Waals surface area contributed by atoms with E-state index in [4.69, 9.17) is 11.8 Å². The van der Waals surface area contributed by atoms with Crippen molar-refractivity contribution in [1.29, 1.82) is 0 Å². The summed E-state index contributed by atoms with van der Waals surface area (Å²) in [6.07, 6.45) is 0. The van der Waals surface area contributed by atoms with Crippen LogP contribution in [0, 0.1) is 0 Å². The van der Waals surface area contributed by atoms with Gasteiger partial charge in [-0.1, -0.05) is 30.3 Å². The van der Waals surface area contributed by atoms with Crippen molar-refractivity contribution >= 4 is 17.6 Å². The van der Waals surface area contributed by atoms with Crippen molar-refractivity contribution in [2.75, 3.05) is 0 Å². The quantitative estimate of drug-likeness (QED) is 0.561. The fraction of sp³-hybridized carbons (Fsp3) is 0.